The van der Waals surface area contributed by atoms with Crippen molar-refractivity contribution in [2.24, 2.45) is 4.99 Å². The minimum atomic E-state index is -0.199. The average Bonchev–Trinajstić information content (AvgIpc) is 3.16. The quantitative estimate of drug-likeness (QED) is 0.232. The van der Waals surface area contributed by atoms with Crippen LogP contribution in [0.15, 0.2) is 27.8 Å². The lowest BCUT2D eigenvalue weighted by atomic mass is 10.1. The summed E-state index contributed by atoms with van der Waals surface area (Å²) in [4.78, 5) is 18.9. The number of likely N-dealkylation sites (tertiary alicyclic amines) is 1. The van der Waals surface area contributed by atoms with Crippen LogP contribution >= 0.6 is 24.0 Å². The van der Waals surface area contributed by atoms with Gasteiger partial charge in [-0.1, -0.05) is 6.42 Å². The fraction of sp³-hybridized carbons (Fsp3) is 0.700. The van der Waals surface area contributed by atoms with Gasteiger partial charge in [-0.2, -0.15) is 0 Å². The number of carbonyl (C=O) groups excluding carboxylic acids is 1. The molecule has 0 bridgehead atoms. The van der Waals surface area contributed by atoms with Crippen LogP contribution in [-0.4, -0.2) is 55.7 Å². The number of guanidine groups is 1. The molecule has 0 radical (unpaired) electrons. The monoisotopic (exact) mass is 506 g/mol. The largest absolute Gasteiger partial charge is 0.468 e. The van der Waals surface area contributed by atoms with Gasteiger partial charge in [-0.3, -0.25) is 14.7 Å². The summed E-state index contributed by atoms with van der Waals surface area (Å²) in [6.45, 7) is 9.75. The van der Waals surface area contributed by atoms with Gasteiger partial charge in [0.2, 0.25) is 0 Å². The molecule has 0 aromatic carbocycles. The van der Waals surface area contributed by atoms with Gasteiger partial charge in [0.05, 0.1) is 31.4 Å². The first-order chi connectivity index (χ1) is 13.1. The molecule has 2 rings (SSSR count). The summed E-state index contributed by atoms with van der Waals surface area (Å²) in [6, 6.07) is 4.10. The summed E-state index contributed by atoms with van der Waals surface area (Å²) >= 11 is 0. The molecule has 28 heavy (non-hydrogen) atoms. The molecule has 0 aliphatic carbocycles. The highest BCUT2D eigenvalue weighted by Gasteiger charge is 2.24. The summed E-state index contributed by atoms with van der Waals surface area (Å²) in [6.07, 6.45) is 5.68. The molecule has 8 heteroatoms. The molecule has 1 fully saturated rings. The summed E-state index contributed by atoms with van der Waals surface area (Å²) in [5, 5.41) is 6.46. The van der Waals surface area contributed by atoms with E-state index in [1.807, 2.05) is 32.9 Å². The van der Waals surface area contributed by atoms with Crippen molar-refractivity contribution in [1.29, 1.82) is 0 Å². The van der Waals surface area contributed by atoms with Crippen LogP contribution in [0.1, 0.15) is 58.3 Å². The molecule has 0 saturated carbocycles. The van der Waals surface area contributed by atoms with Gasteiger partial charge in [0.25, 0.3) is 0 Å². The Morgan fingerprint density at radius 3 is 2.64 bits per heavy atom. The van der Waals surface area contributed by atoms with E-state index in [9.17, 15) is 4.79 Å². The Kier molecular flexibility index (Phi) is 12.2. The van der Waals surface area contributed by atoms with Gasteiger partial charge in [0, 0.05) is 13.1 Å². The molecule has 1 aliphatic rings. The molecule has 2 heterocycles. The van der Waals surface area contributed by atoms with Crippen LogP contribution in [0.25, 0.3) is 0 Å². The van der Waals surface area contributed by atoms with E-state index in [0.29, 0.717) is 25.5 Å². The molecular weight excluding hydrogens is 471 g/mol. The Bertz CT molecular complexity index is 572. The minimum Gasteiger partial charge on any atom is -0.468 e. The Balaban J connectivity index is 0.00000392. The predicted octanol–water partition coefficient (Wildman–Crippen LogP) is 3.32. The van der Waals surface area contributed by atoms with E-state index in [4.69, 9.17) is 14.1 Å². The molecule has 1 atom stereocenters. The average molecular weight is 506 g/mol. The molecule has 0 amide bonds. The van der Waals surface area contributed by atoms with E-state index in [1.165, 1.54) is 19.3 Å². The van der Waals surface area contributed by atoms with Crippen molar-refractivity contribution in [3.63, 3.8) is 0 Å². The van der Waals surface area contributed by atoms with Crippen molar-refractivity contribution in [2.75, 3.05) is 32.7 Å². The van der Waals surface area contributed by atoms with Crippen molar-refractivity contribution in [3.8, 4) is 0 Å². The lowest BCUT2D eigenvalue weighted by molar-refractivity contribution is -0.147. The third kappa shape index (κ3) is 8.81. The number of aliphatic imine (C=N–C) groups is 1. The first-order valence-corrected chi connectivity index (χ1v) is 10.1. The predicted molar refractivity (Wildman–Crippen MR) is 122 cm³/mol. The van der Waals surface area contributed by atoms with Gasteiger partial charge in [-0.05, 0) is 58.8 Å². The Hall–Kier alpha value is -1.29. The van der Waals surface area contributed by atoms with E-state index in [0.717, 1.165) is 25.4 Å². The van der Waals surface area contributed by atoms with E-state index in [1.54, 1.807) is 6.26 Å². The number of hydrogen-bond donors (Lipinski definition) is 2. The standard InChI is InChI=1S/C20H34N4O3.HI/c1-4-21-20(22-11-10-19(25)27-16(2)3)23-15-17(18-9-8-14-26-18)24-12-6-5-7-13-24;/h8-9,14,16-17H,4-7,10-13,15H2,1-3H3,(H2,21,22,23);1H. The fourth-order valence-electron chi connectivity index (χ4n) is 3.22. The maximum atomic E-state index is 11.7. The molecule has 7 nitrogen and oxygen atoms in total. The third-order valence-corrected chi connectivity index (χ3v) is 4.46. The SMILES string of the molecule is CCNC(=NCC(c1ccco1)N1CCCCC1)NCCC(=O)OC(C)C.I. The molecule has 1 unspecified atom stereocenters. The lowest BCUT2D eigenvalue weighted by Crippen LogP contribution is -2.40. The van der Waals surface area contributed by atoms with Crippen LogP contribution in [0.3, 0.4) is 0 Å². The number of hydrogen-bond acceptors (Lipinski definition) is 5. The van der Waals surface area contributed by atoms with Gasteiger partial charge in [0.15, 0.2) is 5.96 Å². The number of rotatable bonds is 9. The second-order valence-corrected chi connectivity index (χ2v) is 7.06. The zero-order valence-corrected chi connectivity index (χ0v) is 19.6. The van der Waals surface area contributed by atoms with Crippen molar-refractivity contribution < 1.29 is 13.9 Å². The Labute approximate surface area is 185 Å². The number of piperidine rings is 1. The van der Waals surface area contributed by atoms with Gasteiger partial charge in [-0.15, -0.1) is 24.0 Å². The molecule has 1 aromatic rings. The highest BCUT2D eigenvalue weighted by atomic mass is 127. The molecular formula is C20H35IN4O3. The van der Waals surface area contributed by atoms with E-state index in [-0.39, 0.29) is 42.1 Å². The summed E-state index contributed by atoms with van der Waals surface area (Å²) in [5.74, 6) is 1.47. The Morgan fingerprint density at radius 2 is 2.04 bits per heavy atom. The van der Waals surface area contributed by atoms with E-state index < -0.39 is 0 Å². The number of furan rings is 1. The first-order valence-electron chi connectivity index (χ1n) is 10.1. The maximum absolute atomic E-state index is 11.7. The number of esters is 1. The first kappa shape index (κ1) is 24.7. The molecule has 160 valence electrons. The number of ether oxygens (including phenoxy) is 1. The molecule has 1 aromatic heterocycles. The van der Waals surface area contributed by atoms with Gasteiger partial charge in [0.1, 0.15) is 5.76 Å². The van der Waals surface area contributed by atoms with Crippen molar-refractivity contribution in [1.82, 2.24) is 15.5 Å². The number of halogens is 1. The van der Waals surface area contributed by atoms with Crippen LogP contribution in [0.5, 0.6) is 0 Å². The molecule has 1 aliphatic heterocycles. The lowest BCUT2D eigenvalue weighted by Gasteiger charge is -2.32. The Morgan fingerprint density at radius 1 is 1.29 bits per heavy atom. The molecule has 2 N–H and O–H groups in total. The van der Waals surface area contributed by atoms with Gasteiger partial charge in [-0.25, -0.2) is 0 Å². The summed E-state index contributed by atoms with van der Waals surface area (Å²) < 4.78 is 10.8. The van der Waals surface area contributed by atoms with Crippen LogP contribution in [0, 0.1) is 0 Å². The molecule has 1 saturated heterocycles. The second-order valence-electron chi connectivity index (χ2n) is 7.06. The molecule has 0 spiro atoms. The third-order valence-electron chi connectivity index (χ3n) is 4.46. The van der Waals surface area contributed by atoms with E-state index >= 15 is 0 Å². The van der Waals surface area contributed by atoms with Gasteiger partial charge >= 0.3 is 5.97 Å². The van der Waals surface area contributed by atoms with E-state index in [2.05, 4.69) is 15.5 Å². The fourth-order valence-corrected chi connectivity index (χ4v) is 3.22. The van der Waals surface area contributed by atoms with Gasteiger partial charge < -0.3 is 19.8 Å². The van der Waals surface area contributed by atoms with Crippen molar-refractivity contribution in [3.05, 3.63) is 24.2 Å². The van der Waals surface area contributed by atoms with Crippen LogP contribution in [0.2, 0.25) is 0 Å². The zero-order valence-electron chi connectivity index (χ0n) is 17.3. The number of nitrogens with zero attached hydrogens (tertiary/aromatic N) is 2. The normalized spacial score (nSPS) is 16.4. The van der Waals surface area contributed by atoms with Crippen LogP contribution in [-0.2, 0) is 9.53 Å². The van der Waals surface area contributed by atoms with Crippen molar-refractivity contribution in [2.45, 2.75) is 58.6 Å². The smallest absolute Gasteiger partial charge is 0.307 e. The van der Waals surface area contributed by atoms with Crippen molar-refractivity contribution >= 4 is 35.9 Å². The maximum Gasteiger partial charge on any atom is 0.307 e. The number of nitrogens with one attached hydrogen (secondary N) is 2. The topological polar surface area (TPSA) is 79.1 Å². The zero-order chi connectivity index (χ0) is 19.5. The minimum absolute atomic E-state index is 0. The number of carbonyl (C=O) groups is 1. The van der Waals surface area contributed by atoms with Crippen LogP contribution < -0.4 is 10.6 Å². The second kappa shape index (κ2) is 13.8. The highest BCUT2D eigenvalue weighted by molar-refractivity contribution is 14.0. The van der Waals surface area contributed by atoms with Crippen LogP contribution in [0.4, 0.5) is 0 Å². The highest BCUT2D eigenvalue weighted by Crippen LogP contribution is 2.25. The summed E-state index contributed by atoms with van der Waals surface area (Å²) in [5.41, 5.74) is 0. The summed E-state index contributed by atoms with van der Waals surface area (Å²) in [7, 11) is 0.